The van der Waals surface area contributed by atoms with Crippen molar-refractivity contribution >= 4 is 47.3 Å². The number of aromatic nitrogens is 3. The summed E-state index contributed by atoms with van der Waals surface area (Å²) in [6, 6.07) is 14.2. The van der Waals surface area contributed by atoms with Crippen molar-refractivity contribution in [3.8, 4) is 0 Å². The molecule has 1 aliphatic heterocycles. The van der Waals surface area contributed by atoms with E-state index in [1.54, 1.807) is 30.0 Å². The smallest absolute Gasteiger partial charge is 0.237 e. The Kier molecular flexibility index (Phi) is 5.78. The molecular weight excluding hydrogens is 395 g/mol. The number of hydrogen-bond acceptors (Lipinski definition) is 5. The van der Waals surface area contributed by atoms with Crippen molar-refractivity contribution in [2.24, 2.45) is 0 Å². The Morgan fingerprint density at radius 3 is 2.89 bits per heavy atom. The van der Waals surface area contributed by atoms with Crippen LogP contribution in [0, 0.1) is 5.82 Å². The van der Waals surface area contributed by atoms with Gasteiger partial charge in [0.25, 0.3) is 0 Å². The third kappa shape index (κ3) is 4.45. The van der Waals surface area contributed by atoms with Crippen LogP contribution >= 0.6 is 23.5 Å². The Morgan fingerprint density at radius 2 is 2.04 bits per heavy atom. The zero-order chi connectivity index (χ0) is 19.3. The molecule has 0 atom stereocenters. The van der Waals surface area contributed by atoms with Crippen molar-refractivity contribution < 1.29 is 9.18 Å². The Morgan fingerprint density at radius 1 is 1.21 bits per heavy atom. The molecule has 1 aromatic heterocycles. The summed E-state index contributed by atoms with van der Waals surface area (Å²) in [6.07, 6.45) is 3.59. The predicted molar refractivity (Wildman–Crippen MR) is 112 cm³/mol. The molecule has 0 unspecified atom stereocenters. The lowest BCUT2D eigenvalue weighted by Crippen LogP contribution is -2.36. The number of aromatic amines is 1. The third-order valence-electron chi connectivity index (χ3n) is 4.14. The van der Waals surface area contributed by atoms with E-state index in [9.17, 15) is 9.18 Å². The number of amides is 1. The molecule has 2 aromatic carbocycles. The molecule has 28 heavy (non-hydrogen) atoms. The maximum absolute atomic E-state index is 12.9. The van der Waals surface area contributed by atoms with Crippen molar-refractivity contribution in [3.63, 3.8) is 0 Å². The van der Waals surface area contributed by atoms with Gasteiger partial charge in [0.15, 0.2) is 0 Å². The average Bonchev–Trinajstić information content (AvgIpc) is 3.19. The molecule has 2 heterocycles. The molecule has 1 N–H and O–H groups in total. The largest absolute Gasteiger partial charge is 0.310 e. The Bertz CT molecular complexity index is 1000. The van der Waals surface area contributed by atoms with Crippen LogP contribution in [-0.4, -0.2) is 39.1 Å². The molecule has 0 saturated carbocycles. The summed E-state index contributed by atoms with van der Waals surface area (Å²) in [7, 11) is 0. The van der Waals surface area contributed by atoms with Gasteiger partial charge in [-0.2, -0.15) is 0 Å². The fourth-order valence-electron chi connectivity index (χ4n) is 2.78. The molecule has 142 valence electrons. The highest BCUT2D eigenvalue weighted by Crippen LogP contribution is 2.34. The van der Waals surface area contributed by atoms with E-state index in [0.717, 1.165) is 21.9 Å². The highest BCUT2D eigenvalue weighted by molar-refractivity contribution is 8.00. The molecule has 0 spiro atoms. The van der Waals surface area contributed by atoms with Crippen LogP contribution in [0.5, 0.6) is 0 Å². The van der Waals surface area contributed by atoms with Gasteiger partial charge in [-0.05, 0) is 35.9 Å². The Hall–Kier alpha value is -2.58. The normalized spacial score (nSPS) is 13.7. The summed E-state index contributed by atoms with van der Waals surface area (Å²) >= 11 is 3.08. The van der Waals surface area contributed by atoms with Gasteiger partial charge in [0.05, 0.1) is 11.4 Å². The van der Waals surface area contributed by atoms with Crippen LogP contribution in [0.1, 0.15) is 11.4 Å². The number of carbonyl (C=O) groups excluding carboxylic acids is 1. The summed E-state index contributed by atoms with van der Waals surface area (Å²) in [5.41, 5.74) is 1.84. The van der Waals surface area contributed by atoms with E-state index in [1.165, 1.54) is 23.9 Å². The first-order chi connectivity index (χ1) is 13.7. The zero-order valence-corrected chi connectivity index (χ0v) is 16.5. The van der Waals surface area contributed by atoms with Gasteiger partial charge in [-0.3, -0.25) is 9.89 Å². The lowest BCUT2D eigenvalue weighted by atomic mass is 10.2. The van der Waals surface area contributed by atoms with Crippen LogP contribution in [-0.2, 0) is 4.79 Å². The predicted octanol–water partition coefficient (Wildman–Crippen LogP) is 4.35. The number of hydrogen-bond donors (Lipinski definition) is 1. The summed E-state index contributed by atoms with van der Waals surface area (Å²) < 4.78 is 12.9. The van der Waals surface area contributed by atoms with E-state index < -0.39 is 0 Å². The quantitative estimate of drug-likeness (QED) is 0.632. The number of para-hydroxylation sites is 1. The molecule has 0 radical (unpaired) electrons. The van der Waals surface area contributed by atoms with Gasteiger partial charge in [-0.1, -0.05) is 42.1 Å². The maximum atomic E-state index is 12.9. The number of benzene rings is 2. The second-order valence-electron chi connectivity index (χ2n) is 6.04. The number of rotatable bonds is 5. The molecule has 5 nitrogen and oxygen atoms in total. The van der Waals surface area contributed by atoms with Crippen molar-refractivity contribution in [1.82, 2.24) is 15.2 Å². The van der Waals surface area contributed by atoms with Crippen LogP contribution in [0.15, 0.2) is 58.6 Å². The summed E-state index contributed by atoms with van der Waals surface area (Å²) in [6.45, 7) is 0.709. The molecule has 1 aliphatic rings. The lowest BCUT2D eigenvalue weighted by molar-refractivity contribution is -0.116. The van der Waals surface area contributed by atoms with E-state index in [0.29, 0.717) is 17.5 Å². The number of carbonyl (C=O) groups is 1. The first-order valence-corrected chi connectivity index (χ1v) is 10.7. The van der Waals surface area contributed by atoms with Crippen molar-refractivity contribution in [2.45, 2.75) is 10.1 Å². The molecule has 0 aliphatic carbocycles. The summed E-state index contributed by atoms with van der Waals surface area (Å²) in [5, 5.41) is 7.50. The molecule has 8 heteroatoms. The summed E-state index contributed by atoms with van der Waals surface area (Å²) in [4.78, 5) is 20.0. The minimum absolute atomic E-state index is 0.0472. The average molecular weight is 413 g/mol. The SMILES string of the molecule is O=C(CSc1n[nH]c(/C=C/c2ccc(F)cc2)n1)N1CCSc2ccccc21. The first kappa shape index (κ1) is 18.8. The number of fused-ring (bicyclic) bond motifs is 1. The lowest BCUT2D eigenvalue weighted by Gasteiger charge is -2.28. The molecule has 4 rings (SSSR count). The minimum Gasteiger partial charge on any atom is -0.310 e. The van der Waals surface area contributed by atoms with E-state index >= 15 is 0 Å². The molecule has 0 fully saturated rings. The van der Waals surface area contributed by atoms with E-state index in [-0.39, 0.29) is 17.5 Å². The summed E-state index contributed by atoms with van der Waals surface area (Å²) in [5.74, 6) is 1.53. The van der Waals surface area contributed by atoms with Crippen molar-refractivity contribution in [1.29, 1.82) is 0 Å². The number of nitrogens with zero attached hydrogens (tertiary/aromatic N) is 3. The standard InChI is InChI=1S/C20H17FN4OS2/c21-15-8-5-14(6-9-15)7-10-18-22-20(24-23-18)28-13-19(26)25-11-12-27-17-4-2-1-3-16(17)25/h1-10H,11-13H2,(H,22,23,24)/b10-7+. The van der Waals surface area contributed by atoms with Gasteiger partial charge in [0.2, 0.25) is 11.1 Å². The molecule has 3 aromatic rings. The number of nitrogens with one attached hydrogen (secondary N) is 1. The third-order valence-corrected chi connectivity index (χ3v) is 6.02. The molecular formula is C20H17FN4OS2. The first-order valence-electron chi connectivity index (χ1n) is 8.70. The minimum atomic E-state index is -0.268. The van der Waals surface area contributed by atoms with Crippen LogP contribution < -0.4 is 4.90 Å². The van der Waals surface area contributed by atoms with Crippen LogP contribution in [0.25, 0.3) is 12.2 Å². The van der Waals surface area contributed by atoms with Gasteiger partial charge in [-0.15, -0.1) is 16.9 Å². The topological polar surface area (TPSA) is 61.9 Å². The Balaban J connectivity index is 1.36. The fraction of sp³-hybridized carbons (Fsp3) is 0.150. The molecule has 1 amide bonds. The van der Waals surface area contributed by atoms with Gasteiger partial charge in [-0.25, -0.2) is 9.37 Å². The highest BCUT2D eigenvalue weighted by atomic mass is 32.2. The highest BCUT2D eigenvalue weighted by Gasteiger charge is 2.22. The van der Waals surface area contributed by atoms with Gasteiger partial charge < -0.3 is 4.90 Å². The number of halogens is 1. The number of H-pyrrole nitrogens is 1. The van der Waals surface area contributed by atoms with E-state index in [2.05, 4.69) is 15.2 Å². The molecule has 0 bridgehead atoms. The van der Waals surface area contributed by atoms with Crippen LogP contribution in [0.3, 0.4) is 0 Å². The van der Waals surface area contributed by atoms with E-state index in [4.69, 9.17) is 0 Å². The van der Waals surface area contributed by atoms with Gasteiger partial charge in [0.1, 0.15) is 11.6 Å². The fourth-order valence-corrected chi connectivity index (χ4v) is 4.46. The van der Waals surface area contributed by atoms with Crippen molar-refractivity contribution in [2.75, 3.05) is 23.0 Å². The second-order valence-corrected chi connectivity index (χ2v) is 8.12. The van der Waals surface area contributed by atoms with E-state index in [1.807, 2.05) is 35.2 Å². The van der Waals surface area contributed by atoms with Crippen LogP contribution in [0.4, 0.5) is 10.1 Å². The Labute approximate surface area is 170 Å². The zero-order valence-electron chi connectivity index (χ0n) is 14.8. The molecule has 0 saturated heterocycles. The second kappa shape index (κ2) is 8.62. The number of anilines is 1. The van der Waals surface area contributed by atoms with Gasteiger partial charge in [0, 0.05) is 17.2 Å². The van der Waals surface area contributed by atoms with Crippen LogP contribution in [0.2, 0.25) is 0 Å². The maximum Gasteiger partial charge on any atom is 0.237 e. The van der Waals surface area contributed by atoms with Gasteiger partial charge >= 0.3 is 0 Å². The van der Waals surface area contributed by atoms with Crippen molar-refractivity contribution in [3.05, 3.63) is 65.7 Å². The number of thioether (sulfide) groups is 2. The monoisotopic (exact) mass is 412 g/mol.